The maximum Gasteiger partial charge on any atom is 0.275 e. The van der Waals surface area contributed by atoms with Gasteiger partial charge in [-0.3, -0.25) is 4.79 Å². The number of hydrogen-bond donors (Lipinski definition) is 0. The summed E-state index contributed by atoms with van der Waals surface area (Å²) in [5.41, 5.74) is 0.386. The van der Waals surface area contributed by atoms with E-state index < -0.39 is 0 Å². The second-order valence-corrected chi connectivity index (χ2v) is 6.92. The van der Waals surface area contributed by atoms with E-state index in [1.165, 1.54) is 18.0 Å². The van der Waals surface area contributed by atoms with Crippen LogP contribution in [-0.2, 0) is 6.61 Å². The Kier molecular flexibility index (Phi) is 5.35. The molecule has 0 bridgehead atoms. The number of carbonyl (C=O) groups is 1. The van der Waals surface area contributed by atoms with Gasteiger partial charge in [0.1, 0.15) is 12.4 Å². The van der Waals surface area contributed by atoms with E-state index >= 15 is 0 Å². The monoisotopic (exact) mass is 371 g/mol. The molecule has 1 aromatic heterocycles. The minimum atomic E-state index is -0.0637. The number of hydrogen-bond acceptors (Lipinski definition) is 5. The molecule has 5 nitrogen and oxygen atoms in total. The van der Waals surface area contributed by atoms with E-state index in [9.17, 15) is 4.79 Å². The maximum atomic E-state index is 12.5. The van der Waals surface area contributed by atoms with Crippen molar-refractivity contribution in [1.29, 1.82) is 0 Å². The van der Waals surface area contributed by atoms with Crippen LogP contribution in [0.3, 0.4) is 0 Å². The Morgan fingerprint density at radius 3 is 2.74 bits per heavy atom. The fourth-order valence-corrected chi connectivity index (χ4v) is 3.26. The molecule has 0 unspecified atom stereocenters. The third-order valence-electron chi connectivity index (χ3n) is 3.66. The lowest BCUT2D eigenvalue weighted by Gasteiger charge is -2.26. The van der Waals surface area contributed by atoms with Gasteiger partial charge in [0.15, 0.2) is 5.69 Å². The Bertz CT molecular complexity index is 702. The zero-order chi connectivity index (χ0) is 16.2. The van der Waals surface area contributed by atoms with Gasteiger partial charge < -0.3 is 9.64 Å². The molecule has 1 aliphatic heterocycles. The van der Waals surface area contributed by atoms with Crippen LogP contribution in [0.2, 0.25) is 10.0 Å². The summed E-state index contributed by atoms with van der Waals surface area (Å²) in [4.78, 5) is 15.1. The number of aromatic nitrogens is 2. The minimum Gasteiger partial charge on any atom is -0.488 e. The molecule has 1 saturated heterocycles. The molecule has 1 aliphatic rings. The lowest BCUT2D eigenvalue weighted by atomic mass is 10.1. The maximum absolute atomic E-state index is 12.5. The summed E-state index contributed by atoms with van der Waals surface area (Å²) in [5, 5.41) is 4.88. The fourth-order valence-electron chi connectivity index (χ4n) is 2.43. The Morgan fingerprint density at radius 1 is 1.22 bits per heavy atom. The van der Waals surface area contributed by atoms with Gasteiger partial charge in [-0.15, -0.1) is 5.10 Å². The van der Waals surface area contributed by atoms with Gasteiger partial charge in [0.25, 0.3) is 5.91 Å². The van der Waals surface area contributed by atoms with Gasteiger partial charge in [-0.25, -0.2) is 0 Å². The van der Waals surface area contributed by atoms with Gasteiger partial charge >= 0.3 is 0 Å². The second kappa shape index (κ2) is 7.47. The van der Waals surface area contributed by atoms with Crippen molar-refractivity contribution in [1.82, 2.24) is 14.5 Å². The predicted octanol–water partition coefficient (Wildman–Crippen LogP) is 4.05. The van der Waals surface area contributed by atoms with Gasteiger partial charge in [0.05, 0.1) is 14.9 Å². The first-order valence-corrected chi connectivity index (χ1v) is 8.86. The molecular weight excluding hydrogens is 357 g/mol. The molecule has 2 heterocycles. The number of benzene rings is 1. The average Bonchev–Trinajstić information content (AvgIpc) is 3.04. The number of ether oxygens (including phenoxy) is 1. The van der Waals surface area contributed by atoms with E-state index in [1.54, 1.807) is 18.2 Å². The Balaban J connectivity index is 1.68. The highest BCUT2D eigenvalue weighted by atomic mass is 35.5. The summed E-state index contributed by atoms with van der Waals surface area (Å²) in [6.45, 7) is 1.79. The second-order valence-electron chi connectivity index (χ2n) is 5.26. The summed E-state index contributed by atoms with van der Waals surface area (Å²) < 4.78 is 9.58. The molecule has 0 spiro atoms. The number of likely N-dealkylation sites (tertiary alicyclic amines) is 1. The van der Waals surface area contributed by atoms with Crippen molar-refractivity contribution < 1.29 is 9.53 Å². The SMILES string of the molecule is O=C(c1nnsc1COc1ccc(Cl)c(Cl)c1)N1CCCCC1. The third kappa shape index (κ3) is 3.94. The average molecular weight is 372 g/mol. The molecule has 1 aromatic carbocycles. The van der Waals surface area contributed by atoms with Crippen molar-refractivity contribution in [2.45, 2.75) is 25.9 Å². The largest absolute Gasteiger partial charge is 0.488 e. The van der Waals surface area contributed by atoms with Gasteiger partial charge in [-0.2, -0.15) is 0 Å². The van der Waals surface area contributed by atoms with E-state index in [0.29, 0.717) is 26.4 Å². The molecule has 2 aromatic rings. The van der Waals surface area contributed by atoms with E-state index in [1.807, 2.05) is 4.90 Å². The van der Waals surface area contributed by atoms with Crippen molar-refractivity contribution in [2.75, 3.05) is 13.1 Å². The molecule has 122 valence electrons. The Morgan fingerprint density at radius 2 is 2.00 bits per heavy atom. The summed E-state index contributed by atoms with van der Waals surface area (Å²) in [6.07, 6.45) is 3.25. The molecule has 1 amide bonds. The van der Waals surface area contributed by atoms with Crippen LogP contribution in [0.5, 0.6) is 5.75 Å². The van der Waals surface area contributed by atoms with Crippen LogP contribution in [-0.4, -0.2) is 33.5 Å². The van der Waals surface area contributed by atoms with E-state index in [4.69, 9.17) is 27.9 Å². The van der Waals surface area contributed by atoms with Crippen LogP contribution in [0.1, 0.15) is 34.6 Å². The highest BCUT2D eigenvalue weighted by molar-refractivity contribution is 7.05. The van der Waals surface area contributed by atoms with E-state index in [0.717, 1.165) is 25.9 Å². The lowest BCUT2D eigenvalue weighted by Crippen LogP contribution is -2.36. The van der Waals surface area contributed by atoms with Crippen molar-refractivity contribution in [3.8, 4) is 5.75 Å². The molecule has 1 fully saturated rings. The Hall–Kier alpha value is -1.37. The smallest absolute Gasteiger partial charge is 0.275 e. The standard InChI is InChI=1S/C15H15Cl2N3O2S/c16-11-5-4-10(8-12(11)17)22-9-13-14(18-19-23-13)15(21)20-6-2-1-3-7-20/h4-5,8H,1-3,6-7,9H2. The highest BCUT2D eigenvalue weighted by Gasteiger charge is 2.24. The number of halogens is 2. The number of piperidine rings is 1. The van der Waals surface area contributed by atoms with Crippen LogP contribution >= 0.6 is 34.7 Å². The molecular formula is C15H15Cl2N3O2S. The summed E-state index contributed by atoms with van der Waals surface area (Å²) in [7, 11) is 0. The van der Waals surface area contributed by atoms with E-state index in [-0.39, 0.29) is 12.5 Å². The molecule has 0 atom stereocenters. The topological polar surface area (TPSA) is 55.3 Å². The molecule has 0 saturated carbocycles. The zero-order valence-electron chi connectivity index (χ0n) is 12.3. The Labute approximate surface area is 148 Å². The lowest BCUT2D eigenvalue weighted by molar-refractivity contribution is 0.0715. The summed E-state index contributed by atoms with van der Waals surface area (Å²) >= 11 is 13.0. The number of amides is 1. The molecule has 3 rings (SSSR count). The fraction of sp³-hybridized carbons (Fsp3) is 0.400. The van der Waals surface area contributed by atoms with Crippen LogP contribution in [0, 0.1) is 0 Å². The molecule has 23 heavy (non-hydrogen) atoms. The summed E-state index contributed by atoms with van der Waals surface area (Å²) in [5.74, 6) is 0.523. The van der Waals surface area contributed by atoms with E-state index in [2.05, 4.69) is 9.59 Å². The van der Waals surface area contributed by atoms with Gasteiger partial charge in [-0.1, -0.05) is 27.7 Å². The molecule has 0 aliphatic carbocycles. The van der Waals surface area contributed by atoms with Crippen LogP contribution in [0.4, 0.5) is 0 Å². The van der Waals surface area contributed by atoms with Gasteiger partial charge in [0, 0.05) is 19.2 Å². The number of carbonyl (C=O) groups excluding carboxylic acids is 1. The number of nitrogens with zero attached hydrogens (tertiary/aromatic N) is 3. The summed E-state index contributed by atoms with van der Waals surface area (Å²) in [6, 6.07) is 5.04. The molecule has 8 heteroatoms. The van der Waals surface area contributed by atoms with Crippen molar-refractivity contribution in [2.24, 2.45) is 0 Å². The first kappa shape index (κ1) is 16.5. The van der Waals surface area contributed by atoms with Crippen LogP contribution in [0.25, 0.3) is 0 Å². The van der Waals surface area contributed by atoms with Crippen LogP contribution < -0.4 is 4.74 Å². The van der Waals surface area contributed by atoms with Crippen molar-refractivity contribution in [3.63, 3.8) is 0 Å². The highest BCUT2D eigenvalue weighted by Crippen LogP contribution is 2.27. The first-order valence-electron chi connectivity index (χ1n) is 7.33. The molecule has 0 N–H and O–H groups in total. The van der Waals surface area contributed by atoms with Crippen molar-refractivity contribution in [3.05, 3.63) is 38.8 Å². The first-order chi connectivity index (χ1) is 11.1. The predicted molar refractivity (Wildman–Crippen MR) is 90.5 cm³/mol. The third-order valence-corrected chi connectivity index (χ3v) is 5.10. The number of rotatable bonds is 4. The van der Waals surface area contributed by atoms with Crippen molar-refractivity contribution >= 4 is 40.6 Å². The van der Waals surface area contributed by atoms with Crippen LogP contribution in [0.15, 0.2) is 18.2 Å². The molecule has 0 radical (unpaired) electrons. The quantitative estimate of drug-likeness (QED) is 0.813. The van der Waals surface area contributed by atoms with Gasteiger partial charge in [-0.05, 0) is 42.9 Å². The normalized spacial score (nSPS) is 14.8. The minimum absolute atomic E-state index is 0.0637. The zero-order valence-corrected chi connectivity index (χ0v) is 14.6. The van der Waals surface area contributed by atoms with Gasteiger partial charge in [0.2, 0.25) is 0 Å².